The molecule has 1 aromatic rings. The molecule has 1 heterocycles. The predicted molar refractivity (Wildman–Crippen MR) is 96.4 cm³/mol. The van der Waals surface area contributed by atoms with Gasteiger partial charge in [0, 0.05) is 32.1 Å². The molecule has 4 rings (SSSR count). The number of amides is 1. The molecule has 2 saturated carbocycles. The zero-order valence-electron chi connectivity index (χ0n) is 14.6. The number of nitrogens with zero attached hydrogens (tertiary/aromatic N) is 1. The van der Waals surface area contributed by atoms with E-state index in [1.165, 1.54) is 31.2 Å². The Morgan fingerprint density at radius 1 is 1.04 bits per heavy atom. The van der Waals surface area contributed by atoms with E-state index in [0.29, 0.717) is 17.9 Å². The van der Waals surface area contributed by atoms with E-state index < -0.39 is 0 Å². The molecule has 1 amide bonds. The van der Waals surface area contributed by atoms with Gasteiger partial charge in [-0.05, 0) is 55.4 Å². The summed E-state index contributed by atoms with van der Waals surface area (Å²) in [6.45, 7) is 3.22. The Bertz CT molecular complexity index is 550. The molecule has 130 valence electrons. The van der Waals surface area contributed by atoms with Crippen LogP contribution in [0.25, 0.3) is 0 Å². The van der Waals surface area contributed by atoms with E-state index in [4.69, 9.17) is 0 Å². The van der Waals surface area contributed by atoms with E-state index >= 15 is 0 Å². The largest absolute Gasteiger partial charge is 0.353 e. The van der Waals surface area contributed by atoms with Crippen LogP contribution in [0.1, 0.15) is 50.5 Å². The number of carbonyl (C=O) groups is 1. The molecule has 3 unspecified atom stereocenters. The second-order valence-corrected chi connectivity index (χ2v) is 8.24. The van der Waals surface area contributed by atoms with Gasteiger partial charge in [0.05, 0.1) is 0 Å². The minimum atomic E-state index is 0.314. The number of rotatable bonds is 5. The van der Waals surface area contributed by atoms with Crippen LogP contribution in [0.5, 0.6) is 0 Å². The third kappa shape index (κ3) is 3.83. The van der Waals surface area contributed by atoms with Crippen LogP contribution in [0, 0.1) is 17.8 Å². The Morgan fingerprint density at radius 3 is 2.50 bits per heavy atom. The van der Waals surface area contributed by atoms with Crippen LogP contribution in [0.2, 0.25) is 0 Å². The molecule has 0 radical (unpaired) electrons. The van der Waals surface area contributed by atoms with Crippen LogP contribution in [-0.4, -0.2) is 29.9 Å². The summed E-state index contributed by atoms with van der Waals surface area (Å²) in [4.78, 5) is 14.9. The molecule has 3 fully saturated rings. The lowest BCUT2D eigenvalue weighted by atomic mass is 9.86. The van der Waals surface area contributed by atoms with Crippen molar-refractivity contribution in [1.82, 2.24) is 10.2 Å². The van der Waals surface area contributed by atoms with Crippen molar-refractivity contribution in [1.29, 1.82) is 0 Å². The summed E-state index contributed by atoms with van der Waals surface area (Å²) in [5.74, 6) is 2.79. The van der Waals surface area contributed by atoms with Gasteiger partial charge >= 0.3 is 0 Å². The standard InChI is InChI=1S/C21H30N2O/c24-21(14-19-13-17-6-7-18(19)12-17)22-20-8-10-23(11-9-20)15-16-4-2-1-3-5-16/h1-5,17-20H,6-15H2,(H,22,24). The van der Waals surface area contributed by atoms with Gasteiger partial charge in [-0.15, -0.1) is 0 Å². The van der Waals surface area contributed by atoms with Crippen LogP contribution in [0.4, 0.5) is 0 Å². The summed E-state index contributed by atoms with van der Waals surface area (Å²) in [6.07, 6.45) is 8.47. The third-order valence-corrected chi connectivity index (χ3v) is 6.53. The number of piperidine rings is 1. The van der Waals surface area contributed by atoms with Gasteiger partial charge in [-0.2, -0.15) is 0 Å². The van der Waals surface area contributed by atoms with Crippen molar-refractivity contribution in [2.75, 3.05) is 13.1 Å². The van der Waals surface area contributed by atoms with Crippen molar-refractivity contribution >= 4 is 5.91 Å². The molecule has 0 aromatic heterocycles. The number of nitrogens with one attached hydrogen (secondary N) is 1. The second kappa shape index (κ2) is 7.26. The van der Waals surface area contributed by atoms with Crippen LogP contribution in [0.3, 0.4) is 0 Å². The van der Waals surface area contributed by atoms with Gasteiger partial charge in [0.1, 0.15) is 0 Å². The Morgan fingerprint density at radius 2 is 1.83 bits per heavy atom. The maximum atomic E-state index is 12.4. The number of benzene rings is 1. The highest BCUT2D eigenvalue weighted by molar-refractivity contribution is 5.76. The maximum Gasteiger partial charge on any atom is 0.220 e. The molecular formula is C21H30N2O. The zero-order valence-corrected chi connectivity index (χ0v) is 14.6. The van der Waals surface area contributed by atoms with E-state index in [1.54, 1.807) is 0 Å². The van der Waals surface area contributed by atoms with Crippen LogP contribution in [-0.2, 0) is 11.3 Å². The molecule has 3 nitrogen and oxygen atoms in total. The molecule has 2 aliphatic carbocycles. The topological polar surface area (TPSA) is 32.3 Å². The molecule has 3 heteroatoms. The molecule has 3 atom stereocenters. The van der Waals surface area contributed by atoms with Crippen molar-refractivity contribution in [2.45, 2.75) is 57.5 Å². The Balaban J connectivity index is 1.18. The molecule has 3 aliphatic rings. The molecule has 0 spiro atoms. The van der Waals surface area contributed by atoms with Gasteiger partial charge in [0.2, 0.25) is 5.91 Å². The maximum absolute atomic E-state index is 12.4. The van der Waals surface area contributed by atoms with Gasteiger partial charge in [-0.1, -0.05) is 36.8 Å². The monoisotopic (exact) mass is 326 g/mol. The average Bonchev–Trinajstić information content (AvgIpc) is 3.20. The Labute approximate surface area is 145 Å². The molecule has 1 aromatic carbocycles. The van der Waals surface area contributed by atoms with Crippen molar-refractivity contribution in [3.63, 3.8) is 0 Å². The molecular weight excluding hydrogens is 296 g/mol. The first kappa shape index (κ1) is 16.1. The average molecular weight is 326 g/mol. The number of hydrogen-bond donors (Lipinski definition) is 1. The second-order valence-electron chi connectivity index (χ2n) is 8.24. The van der Waals surface area contributed by atoms with E-state index in [-0.39, 0.29) is 0 Å². The molecule has 2 bridgehead atoms. The summed E-state index contributed by atoms with van der Waals surface area (Å²) in [5, 5.41) is 3.32. The smallest absolute Gasteiger partial charge is 0.220 e. The van der Waals surface area contributed by atoms with Gasteiger partial charge in [-0.3, -0.25) is 9.69 Å². The van der Waals surface area contributed by atoms with E-state index in [1.807, 2.05) is 0 Å². The normalized spacial score (nSPS) is 30.6. The molecule has 1 aliphatic heterocycles. The molecule has 24 heavy (non-hydrogen) atoms. The van der Waals surface area contributed by atoms with Crippen LogP contribution in [0.15, 0.2) is 30.3 Å². The fourth-order valence-electron chi connectivity index (χ4n) is 5.23. The fraction of sp³-hybridized carbons (Fsp3) is 0.667. The first-order valence-corrected chi connectivity index (χ1v) is 9.82. The summed E-state index contributed by atoms with van der Waals surface area (Å²) < 4.78 is 0. The molecule has 1 N–H and O–H groups in total. The summed E-state index contributed by atoms with van der Waals surface area (Å²) in [5.41, 5.74) is 1.39. The van der Waals surface area contributed by atoms with Gasteiger partial charge < -0.3 is 5.32 Å². The molecule has 1 saturated heterocycles. The van der Waals surface area contributed by atoms with E-state index in [2.05, 4.69) is 40.5 Å². The first-order chi connectivity index (χ1) is 11.8. The van der Waals surface area contributed by atoms with Crippen molar-refractivity contribution < 1.29 is 4.79 Å². The fourth-order valence-corrected chi connectivity index (χ4v) is 5.23. The van der Waals surface area contributed by atoms with Crippen molar-refractivity contribution in [3.8, 4) is 0 Å². The summed E-state index contributed by atoms with van der Waals surface area (Å²) >= 11 is 0. The highest BCUT2D eigenvalue weighted by Gasteiger charge is 2.40. The van der Waals surface area contributed by atoms with Crippen LogP contribution >= 0.6 is 0 Å². The lowest BCUT2D eigenvalue weighted by Crippen LogP contribution is -2.44. The van der Waals surface area contributed by atoms with Crippen molar-refractivity contribution in [3.05, 3.63) is 35.9 Å². The Kier molecular flexibility index (Phi) is 4.88. The van der Waals surface area contributed by atoms with Gasteiger partial charge in [0.15, 0.2) is 0 Å². The zero-order chi connectivity index (χ0) is 16.4. The summed E-state index contributed by atoms with van der Waals surface area (Å²) in [7, 11) is 0. The SMILES string of the molecule is O=C(CC1CC2CCC1C2)NC1CCN(Cc2ccccc2)CC1. The minimum Gasteiger partial charge on any atom is -0.353 e. The van der Waals surface area contributed by atoms with Gasteiger partial charge in [-0.25, -0.2) is 0 Å². The summed E-state index contributed by atoms with van der Waals surface area (Å²) in [6, 6.07) is 11.1. The Hall–Kier alpha value is -1.35. The third-order valence-electron chi connectivity index (χ3n) is 6.53. The van der Waals surface area contributed by atoms with Crippen LogP contribution < -0.4 is 5.32 Å². The van der Waals surface area contributed by atoms with Gasteiger partial charge in [0.25, 0.3) is 0 Å². The van der Waals surface area contributed by atoms with Crippen molar-refractivity contribution in [2.24, 2.45) is 17.8 Å². The number of fused-ring (bicyclic) bond motifs is 2. The van der Waals surface area contributed by atoms with E-state index in [9.17, 15) is 4.79 Å². The number of carbonyl (C=O) groups excluding carboxylic acids is 1. The number of likely N-dealkylation sites (tertiary alicyclic amines) is 1. The number of hydrogen-bond acceptors (Lipinski definition) is 2. The predicted octanol–water partition coefficient (Wildman–Crippen LogP) is 3.59. The quantitative estimate of drug-likeness (QED) is 0.897. The lowest BCUT2D eigenvalue weighted by molar-refractivity contribution is -0.123. The highest BCUT2D eigenvalue weighted by atomic mass is 16.1. The minimum absolute atomic E-state index is 0.314. The first-order valence-electron chi connectivity index (χ1n) is 9.82. The van der Waals surface area contributed by atoms with E-state index in [0.717, 1.165) is 50.7 Å². The lowest BCUT2D eigenvalue weighted by Gasteiger charge is -2.32. The highest BCUT2D eigenvalue weighted by Crippen LogP contribution is 2.49.